The molecule has 0 aliphatic carbocycles. The van der Waals surface area contributed by atoms with Gasteiger partial charge >= 0.3 is 0 Å². The first-order chi connectivity index (χ1) is 14.6. The number of carbonyl (C=O) groups is 2. The van der Waals surface area contributed by atoms with Crippen molar-refractivity contribution in [2.24, 2.45) is 0 Å². The zero-order valence-corrected chi connectivity index (χ0v) is 17.2. The van der Waals surface area contributed by atoms with Gasteiger partial charge in [0.1, 0.15) is 16.9 Å². The van der Waals surface area contributed by atoms with Gasteiger partial charge in [-0.25, -0.2) is 9.37 Å². The van der Waals surface area contributed by atoms with E-state index in [9.17, 15) is 14.0 Å². The minimum Gasteiger partial charge on any atom is -0.354 e. The number of rotatable bonds is 6. The Morgan fingerprint density at radius 1 is 1.13 bits per heavy atom. The van der Waals surface area contributed by atoms with Crippen LogP contribution >= 0.6 is 11.3 Å². The maximum absolute atomic E-state index is 13.1. The third-order valence-corrected chi connectivity index (χ3v) is 6.10. The summed E-state index contributed by atoms with van der Waals surface area (Å²) in [5.74, 6) is -0.777. The van der Waals surface area contributed by atoms with Crippen molar-refractivity contribution in [3.8, 4) is 10.6 Å². The summed E-state index contributed by atoms with van der Waals surface area (Å²) in [6.45, 7) is 0.993. The van der Waals surface area contributed by atoms with Crippen molar-refractivity contribution in [1.29, 1.82) is 0 Å². The van der Waals surface area contributed by atoms with Crippen LogP contribution in [0.1, 0.15) is 28.9 Å². The lowest BCUT2D eigenvalue weighted by molar-refractivity contribution is -0.124. The first-order valence-electron chi connectivity index (χ1n) is 9.96. The second kappa shape index (κ2) is 9.17. The topological polar surface area (TPSA) is 62.3 Å². The Morgan fingerprint density at radius 3 is 2.67 bits per heavy atom. The van der Waals surface area contributed by atoms with E-state index in [0.717, 1.165) is 22.7 Å². The second-order valence-electron chi connectivity index (χ2n) is 7.21. The number of likely N-dealkylation sites (tertiary alicyclic amines) is 1. The SMILES string of the molecule is O=C(NCCc1csc(-c2ccccc2)n1)[C@H]1CCCN1C(=O)c1ccc(F)cc1. The minimum absolute atomic E-state index is 0.151. The maximum atomic E-state index is 13.1. The van der Waals surface area contributed by atoms with E-state index >= 15 is 0 Å². The van der Waals surface area contributed by atoms with Crippen molar-refractivity contribution in [3.63, 3.8) is 0 Å². The Morgan fingerprint density at radius 2 is 1.90 bits per heavy atom. The first kappa shape index (κ1) is 20.2. The predicted octanol–water partition coefficient (Wildman–Crippen LogP) is 3.91. The summed E-state index contributed by atoms with van der Waals surface area (Å²) in [4.78, 5) is 31.6. The number of nitrogens with one attached hydrogen (secondary N) is 1. The highest BCUT2D eigenvalue weighted by atomic mass is 32.1. The van der Waals surface area contributed by atoms with Crippen molar-refractivity contribution >= 4 is 23.2 Å². The molecule has 3 aromatic rings. The van der Waals surface area contributed by atoms with Crippen LogP contribution in [0.15, 0.2) is 60.0 Å². The molecule has 0 saturated carbocycles. The molecule has 154 valence electrons. The Hall–Kier alpha value is -3.06. The molecule has 4 rings (SSSR count). The Labute approximate surface area is 178 Å². The quantitative estimate of drug-likeness (QED) is 0.654. The van der Waals surface area contributed by atoms with E-state index in [-0.39, 0.29) is 17.6 Å². The average Bonchev–Trinajstić information content (AvgIpc) is 3.44. The standard InChI is InChI=1S/C23H22FN3O2S/c24-18-10-8-17(9-11-18)23(29)27-14-4-7-20(27)21(28)25-13-12-19-15-30-22(26-19)16-5-2-1-3-6-16/h1-3,5-6,8-11,15,20H,4,7,12-14H2,(H,25,28)/t20-/m1/s1. The molecule has 1 atom stereocenters. The van der Waals surface area contributed by atoms with E-state index in [2.05, 4.69) is 10.3 Å². The molecule has 5 nitrogen and oxygen atoms in total. The van der Waals surface area contributed by atoms with Gasteiger partial charge in [-0.3, -0.25) is 9.59 Å². The largest absolute Gasteiger partial charge is 0.354 e. The highest BCUT2D eigenvalue weighted by molar-refractivity contribution is 7.13. The summed E-state index contributed by atoms with van der Waals surface area (Å²) in [6.07, 6.45) is 2.04. The third-order valence-electron chi connectivity index (χ3n) is 5.16. The number of amides is 2. The molecule has 1 aliphatic heterocycles. The normalized spacial score (nSPS) is 15.9. The fraction of sp³-hybridized carbons (Fsp3) is 0.261. The van der Waals surface area contributed by atoms with Crippen molar-refractivity contribution < 1.29 is 14.0 Å². The van der Waals surface area contributed by atoms with Crippen LogP contribution in [0.25, 0.3) is 10.6 Å². The van der Waals surface area contributed by atoms with Gasteiger partial charge in [-0.05, 0) is 37.1 Å². The summed E-state index contributed by atoms with van der Waals surface area (Å²) in [6, 6.07) is 14.9. The van der Waals surface area contributed by atoms with Crippen LogP contribution in [0.2, 0.25) is 0 Å². The summed E-state index contributed by atoms with van der Waals surface area (Å²) in [7, 11) is 0. The van der Waals surface area contributed by atoms with E-state index in [4.69, 9.17) is 0 Å². The molecule has 1 saturated heterocycles. The first-order valence-corrected chi connectivity index (χ1v) is 10.8. The lowest BCUT2D eigenvalue weighted by Crippen LogP contribution is -2.46. The number of carbonyl (C=O) groups excluding carboxylic acids is 2. The van der Waals surface area contributed by atoms with Gasteiger partial charge in [0, 0.05) is 36.0 Å². The zero-order valence-electron chi connectivity index (χ0n) is 16.4. The molecule has 2 aromatic carbocycles. The molecule has 0 bridgehead atoms. The molecular weight excluding hydrogens is 401 g/mol. The molecule has 0 spiro atoms. The number of nitrogens with zero attached hydrogens (tertiary/aromatic N) is 2. The van der Waals surface area contributed by atoms with Gasteiger partial charge < -0.3 is 10.2 Å². The van der Waals surface area contributed by atoms with E-state index < -0.39 is 6.04 Å². The lowest BCUT2D eigenvalue weighted by Gasteiger charge is -2.24. The number of hydrogen-bond donors (Lipinski definition) is 1. The summed E-state index contributed by atoms with van der Waals surface area (Å²) < 4.78 is 13.1. The van der Waals surface area contributed by atoms with Gasteiger partial charge in [-0.2, -0.15) is 0 Å². The van der Waals surface area contributed by atoms with Gasteiger partial charge in [0.15, 0.2) is 0 Å². The van der Waals surface area contributed by atoms with E-state index in [1.807, 2.05) is 35.7 Å². The Balaban J connectivity index is 1.32. The van der Waals surface area contributed by atoms with Gasteiger partial charge in [0.2, 0.25) is 5.91 Å². The Bertz CT molecular complexity index is 1020. The molecule has 2 heterocycles. The van der Waals surface area contributed by atoms with E-state index in [1.165, 1.54) is 24.3 Å². The monoisotopic (exact) mass is 423 g/mol. The fourth-order valence-electron chi connectivity index (χ4n) is 3.61. The highest BCUT2D eigenvalue weighted by Gasteiger charge is 2.34. The number of halogens is 1. The molecule has 7 heteroatoms. The number of aromatic nitrogens is 1. The molecule has 0 unspecified atom stereocenters. The van der Waals surface area contributed by atoms with Crippen LogP contribution in [-0.4, -0.2) is 40.8 Å². The van der Waals surface area contributed by atoms with Crippen LogP contribution in [-0.2, 0) is 11.2 Å². The number of benzene rings is 2. The smallest absolute Gasteiger partial charge is 0.254 e. The second-order valence-corrected chi connectivity index (χ2v) is 8.07. The van der Waals surface area contributed by atoms with Crippen LogP contribution in [0.4, 0.5) is 4.39 Å². The minimum atomic E-state index is -0.488. The van der Waals surface area contributed by atoms with Crippen molar-refractivity contribution in [3.05, 3.63) is 77.1 Å². The van der Waals surface area contributed by atoms with Gasteiger partial charge in [-0.15, -0.1) is 11.3 Å². The number of thiazole rings is 1. The molecule has 1 fully saturated rings. The fourth-order valence-corrected chi connectivity index (χ4v) is 4.47. The van der Waals surface area contributed by atoms with Gasteiger partial charge in [0.05, 0.1) is 5.69 Å². The molecule has 2 amide bonds. The van der Waals surface area contributed by atoms with Gasteiger partial charge in [0.25, 0.3) is 5.91 Å². The van der Waals surface area contributed by atoms with Crippen molar-refractivity contribution in [2.45, 2.75) is 25.3 Å². The van der Waals surface area contributed by atoms with Crippen LogP contribution in [0, 0.1) is 5.82 Å². The lowest BCUT2D eigenvalue weighted by atomic mass is 10.1. The van der Waals surface area contributed by atoms with Crippen LogP contribution < -0.4 is 5.32 Å². The summed E-state index contributed by atoms with van der Waals surface area (Å²) >= 11 is 1.59. The van der Waals surface area contributed by atoms with E-state index in [1.54, 1.807) is 16.2 Å². The molecule has 30 heavy (non-hydrogen) atoms. The molecular formula is C23H22FN3O2S. The van der Waals surface area contributed by atoms with Crippen LogP contribution in [0.3, 0.4) is 0 Å². The maximum Gasteiger partial charge on any atom is 0.254 e. The molecule has 0 radical (unpaired) electrons. The molecule has 1 N–H and O–H groups in total. The zero-order chi connectivity index (χ0) is 20.9. The number of hydrogen-bond acceptors (Lipinski definition) is 4. The molecule has 1 aromatic heterocycles. The van der Waals surface area contributed by atoms with E-state index in [0.29, 0.717) is 31.5 Å². The average molecular weight is 424 g/mol. The summed E-state index contributed by atoms with van der Waals surface area (Å²) in [5, 5.41) is 5.91. The predicted molar refractivity (Wildman–Crippen MR) is 115 cm³/mol. The van der Waals surface area contributed by atoms with Crippen molar-refractivity contribution in [1.82, 2.24) is 15.2 Å². The van der Waals surface area contributed by atoms with Crippen molar-refractivity contribution in [2.75, 3.05) is 13.1 Å². The van der Waals surface area contributed by atoms with Gasteiger partial charge in [-0.1, -0.05) is 30.3 Å². The van der Waals surface area contributed by atoms with Crippen LogP contribution in [0.5, 0.6) is 0 Å². The highest BCUT2D eigenvalue weighted by Crippen LogP contribution is 2.24. The molecule has 1 aliphatic rings. The third kappa shape index (κ3) is 4.57. The Kier molecular flexibility index (Phi) is 6.18. The summed E-state index contributed by atoms with van der Waals surface area (Å²) in [5.41, 5.74) is 2.41.